The zero-order valence-corrected chi connectivity index (χ0v) is 10.6. The highest BCUT2D eigenvalue weighted by molar-refractivity contribution is 6.32. The van der Waals surface area contributed by atoms with Crippen LogP contribution in [0.25, 0.3) is 0 Å². The van der Waals surface area contributed by atoms with Gasteiger partial charge in [0, 0.05) is 6.54 Å². The molecular formula is C12H18ClN3O. The van der Waals surface area contributed by atoms with Crippen molar-refractivity contribution in [1.29, 1.82) is 0 Å². The predicted octanol–water partition coefficient (Wildman–Crippen LogP) is 2.18. The fourth-order valence-corrected chi connectivity index (χ4v) is 2.23. The molecule has 2 N–H and O–H groups in total. The van der Waals surface area contributed by atoms with Crippen LogP contribution >= 0.6 is 11.6 Å². The highest BCUT2D eigenvalue weighted by Gasteiger charge is 2.10. The average Bonchev–Trinajstić information content (AvgIpc) is 2.33. The van der Waals surface area contributed by atoms with Gasteiger partial charge in [-0.3, -0.25) is 4.90 Å². The molecule has 94 valence electrons. The largest absolute Gasteiger partial charge is 0.475 e. The van der Waals surface area contributed by atoms with Crippen LogP contribution in [0, 0.1) is 0 Å². The van der Waals surface area contributed by atoms with Gasteiger partial charge in [-0.1, -0.05) is 18.0 Å². The molecule has 0 radical (unpaired) electrons. The number of rotatable bonds is 4. The van der Waals surface area contributed by atoms with Crippen molar-refractivity contribution < 1.29 is 4.74 Å². The number of nitrogens with two attached hydrogens (primary N) is 1. The second kappa shape index (κ2) is 6.07. The summed E-state index contributed by atoms with van der Waals surface area (Å²) in [6.07, 6.45) is 5.49. The van der Waals surface area contributed by atoms with Gasteiger partial charge in [-0.05, 0) is 32.0 Å². The molecule has 0 bridgehead atoms. The summed E-state index contributed by atoms with van der Waals surface area (Å²) in [7, 11) is 0. The Morgan fingerprint density at radius 1 is 1.35 bits per heavy atom. The van der Waals surface area contributed by atoms with E-state index in [2.05, 4.69) is 9.88 Å². The molecule has 17 heavy (non-hydrogen) atoms. The van der Waals surface area contributed by atoms with E-state index < -0.39 is 0 Å². The summed E-state index contributed by atoms with van der Waals surface area (Å²) in [5, 5.41) is 0.476. The zero-order chi connectivity index (χ0) is 12.1. The number of aromatic nitrogens is 1. The van der Waals surface area contributed by atoms with Gasteiger partial charge in [0.15, 0.2) is 0 Å². The van der Waals surface area contributed by atoms with Gasteiger partial charge in [0.05, 0.1) is 11.9 Å². The molecule has 1 aliphatic rings. The minimum atomic E-state index is 0.470. The van der Waals surface area contributed by atoms with Gasteiger partial charge in [0.25, 0.3) is 0 Å². The van der Waals surface area contributed by atoms with Gasteiger partial charge in [0.1, 0.15) is 11.6 Å². The fourth-order valence-electron chi connectivity index (χ4n) is 2.00. The van der Waals surface area contributed by atoms with E-state index in [-0.39, 0.29) is 0 Å². The van der Waals surface area contributed by atoms with Gasteiger partial charge >= 0.3 is 0 Å². The molecule has 0 atom stereocenters. The van der Waals surface area contributed by atoms with E-state index in [4.69, 9.17) is 22.1 Å². The lowest BCUT2D eigenvalue weighted by Crippen LogP contribution is -2.33. The molecular weight excluding hydrogens is 238 g/mol. The van der Waals surface area contributed by atoms with Crippen LogP contribution < -0.4 is 10.5 Å². The first-order valence-corrected chi connectivity index (χ1v) is 6.39. The van der Waals surface area contributed by atoms with Gasteiger partial charge < -0.3 is 10.5 Å². The van der Waals surface area contributed by atoms with E-state index in [9.17, 15) is 0 Å². The third-order valence-corrected chi connectivity index (χ3v) is 3.19. The smallest absolute Gasteiger partial charge is 0.232 e. The Bertz CT molecular complexity index is 367. The van der Waals surface area contributed by atoms with Crippen LogP contribution in [0.5, 0.6) is 5.88 Å². The van der Waals surface area contributed by atoms with E-state index in [0.717, 1.165) is 6.54 Å². The minimum absolute atomic E-state index is 0.470. The van der Waals surface area contributed by atoms with E-state index in [1.54, 1.807) is 12.3 Å². The van der Waals surface area contributed by atoms with Crippen molar-refractivity contribution in [2.45, 2.75) is 19.3 Å². The van der Waals surface area contributed by atoms with Crippen molar-refractivity contribution in [1.82, 2.24) is 9.88 Å². The van der Waals surface area contributed by atoms with E-state index in [1.807, 2.05) is 0 Å². The highest BCUT2D eigenvalue weighted by Crippen LogP contribution is 2.23. The maximum absolute atomic E-state index is 5.97. The number of anilines is 1. The molecule has 1 aromatic heterocycles. The number of nitrogens with zero attached hydrogens (tertiary/aromatic N) is 2. The SMILES string of the molecule is Nc1cnc(OCCN2CCCCC2)c(Cl)c1. The normalized spacial score (nSPS) is 17.0. The summed E-state index contributed by atoms with van der Waals surface area (Å²) in [5.74, 6) is 0.470. The molecule has 1 saturated heterocycles. The molecule has 0 unspecified atom stereocenters. The van der Waals surface area contributed by atoms with Crippen molar-refractivity contribution in [3.05, 3.63) is 17.3 Å². The van der Waals surface area contributed by atoms with Gasteiger partial charge in [-0.2, -0.15) is 0 Å². The van der Waals surface area contributed by atoms with Crippen molar-refractivity contribution >= 4 is 17.3 Å². The van der Waals surface area contributed by atoms with Crippen LogP contribution in [0.4, 0.5) is 5.69 Å². The topological polar surface area (TPSA) is 51.4 Å². The molecule has 2 heterocycles. The second-order valence-electron chi connectivity index (χ2n) is 4.31. The molecule has 0 amide bonds. The molecule has 0 spiro atoms. The van der Waals surface area contributed by atoms with Crippen molar-refractivity contribution in [3.63, 3.8) is 0 Å². The number of likely N-dealkylation sites (tertiary alicyclic amines) is 1. The highest BCUT2D eigenvalue weighted by atomic mass is 35.5. The van der Waals surface area contributed by atoms with Crippen LogP contribution in [0.2, 0.25) is 5.02 Å². The van der Waals surface area contributed by atoms with Crippen molar-refractivity contribution in [2.24, 2.45) is 0 Å². The van der Waals surface area contributed by atoms with Crippen LogP contribution in [0.15, 0.2) is 12.3 Å². The monoisotopic (exact) mass is 255 g/mol. The number of ether oxygens (including phenoxy) is 1. The Kier molecular flexibility index (Phi) is 4.45. The Morgan fingerprint density at radius 2 is 2.12 bits per heavy atom. The third-order valence-electron chi connectivity index (χ3n) is 2.92. The summed E-state index contributed by atoms with van der Waals surface area (Å²) < 4.78 is 5.55. The van der Waals surface area contributed by atoms with Crippen molar-refractivity contribution in [2.75, 3.05) is 32.0 Å². The summed E-state index contributed by atoms with van der Waals surface area (Å²) in [4.78, 5) is 6.47. The number of nitrogen functional groups attached to an aromatic ring is 1. The number of halogens is 1. The van der Waals surface area contributed by atoms with Gasteiger partial charge in [-0.25, -0.2) is 4.98 Å². The van der Waals surface area contributed by atoms with Gasteiger partial charge in [0.2, 0.25) is 5.88 Å². The average molecular weight is 256 g/mol. The molecule has 1 aromatic rings. The first-order chi connectivity index (χ1) is 8.25. The van der Waals surface area contributed by atoms with Crippen LogP contribution in [-0.2, 0) is 0 Å². The van der Waals surface area contributed by atoms with E-state index in [0.29, 0.717) is 23.2 Å². The lowest BCUT2D eigenvalue weighted by Gasteiger charge is -2.26. The number of piperidine rings is 1. The summed E-state index contributed by atoms with van der Waals surface area (Å²) in [5.41, 5.74) is 6.12. The Morgan fingerprint density at radius 3 is 2.82 bits per heavy atom. The fraction of sp³-hybridized carbons (Fsp3) is 0.583. The van der Waals surface area contributed by atoms with E-state index in [1.165, 1.54) is 32.4 Å². The first kappa shape index (κ1) is 12.5. The van der Waals surface area contributed by atoms with Crippen molar-refractivity contribution in [3.8, 4) is 5.88 Å². The molecule has 0 aromatic carbocycles. The van der Waals surface area contributed by atoms with E-state index >= 15 is 0 Å². The predicted molar refractivity (Wildman–Crippen MR) is 69.4 cm³/mol. The third kappa shape index (κ3) is 3.75. The quantitative estimate of drug-likeness (QED) is 0.896. The molecule has 1 aliphatic heterocycles. The minimum Gasteiger partial charge on any atom is -0.475 e. The summed E-state index contributed by atoms with van der Waals surface area (Å²) in [6, 6.07) is 1.66. The van der Waals surface area contributed by atoms with Crippen LogP contribution in [0.3, 0.4) is 0 Å². The lowest BCUT2D eigenvalue weighted by atomic mass is 10.1. The molecule has 2 rings (SSSR count). The second-order valence-corrected chi connectivity index (χ2v) is 4.71. The Hall–Kier alpha value is -1.00. The first-order valence-electron chi connectivity index (χ1n) is 6.02. The number of hydrogen-bond acceptors (Lipinski definition) is 4. The maximum atomic E-state index is 5.97. The number of pyridine rings is 1. The standard InChI is InChI=1S/C12H18ClN3O/c13-11-8-10(14)9-15-12(11)17-7-6-16-4-2-1-3-5-16/h8-9H,1-7,14H2. The van der Waals surface area contributed by atoms with Crippen LogP contribution in [-0.4, -0.2) is 36.1 Å². The molecule has 0 aliphatic carbocycles. The summed E-state index contributed by atoms with van der Waals surface area (Å²) in [6.45, 7) is 3.90. The summed E-state index contributed by atoms with van der Waals surface area (Å²) >= 11 is 5.97. The van der Waals surface area contributed by atoms with Gasteiger partial charge in [-0.15, -0.1) is 0 Å². The Labute approximate surface area is 107 Å². The van der Waals surface area contributed by atoms with Crippen LogP contribution in [0.1, 0.15) is 19.3 Å². The molecule has 5 heteroatoms. The molecule has 4 nitrogen and oxygen atoms in total. The zero-order valence-electron chi connectivity index (χ0n) is 9.86. The lowest BCUT2D eigenvalue weighted by molar-refractivity contribution is 0.180. The molecule has 1 fully saturated rings. The number of hydrogen-bond donors (Lipinski definition) is 1. The maximum Gasteiger partial charge on any atom is 0.232 e. The molecule has 0 saturated carbocycles. The Balaban J connectivity index is 1.77.